The molecule has 78 valence electrons. The Balaban J connectivity index is 1.91. The van der Waals surface area contributed by atoms with E-state index in [1.165, 1.54) is 12.5 Å². The first kappa shape index (κ1) is 9.51. The molecular formula is C10H10N2O3. The molecule has 0 unspecified atom stereocenters. The van der Waals surface area contributed by atoms with Gasteiger partial charge in [-0.05, 0) is 12.1 Å². The molecule has 5 nitrogen and oxygen atoms in total. The second-order valence-corrected chi connectivity index (χ2v) is 3.02. The van der Waals surface area contributed by atoms with Crippen molar-refractivity contribution in [1.82, 2.24) is 10.3 Å². The van der Waals surface area contributed by atoms with Crippen LogP contribution >= 0.6 is 0 Å². The molecule has 2 aromatic heterocycles. The average molecular weight is 206 g/mol. The molecule has 1 N–H and O–H groups in total. The predicted octanol–water partition coefficient (Wildman–Crippen LogP) is 1.51. The van der Waals surface area contributed by atoms with Gasteiger partial charge in [0.25, 0.3) is 5.91 Å². The predicted molar refractivity (Wildman–Crippen MR) is 51.1 cm³/mol. The molecule has 0 aromatic carbocycles. The zero-order valence-corrected chi connectivity index (χ0v) is 8.19. The first-order valence-corrected chi connectivity index (χ1v) is 4.48. The lowest BCUT2D eigenvalue weighted by molar-refractivity contribution is 0.0922. The third-order valence-corrected chi connectivity index (χ3v) is 1.84. The second-order valence-electron chi connectivity index (χ2n) is 3.02. The Morgan fingerprint density at radius 3 is 3.00 bits per heavy atom. The molecule has 0 saturated carbocycles. The number of carbonyl (C=O) groups excluding carboxylic acids is 1. The monoisotopic (exact) mass is 206 g/mol. The van der Waals surface area contributed by atoms with Crippen molar-refractivity contribution in [3.05, 3.63) is 42.0 Å². The van der Waals surface area contributed by atoms with Gasteiger partial charge in [0.15, 0.2) is 11.7 Å². The van der Waals surface area contributed by atoms with Crippen molar-refractivity contribution in [2.45, 2.75) is 13.5 Å². The van der Waals surface area contributed by atoms with Gasteiger partial charge in [-0.15, -0.1) is 0 Å². The Kier molecular flexibility index (Phi) is 2.53. The summed E-state index contributed by atoms with van der Waals surface area (Å²) >= 11 is 0. The van der Waals surface area contributed by atoms with Gasteiger partial charge >= 0.3 is 0 Å². The quantitative estimate of drug-likeness (QED) is 0.826. The van der Waals surface area contributed by atoms with Crippen molar-refractivity contribution < 1.29 is 13.6 Å². The first-order chi connectivity index (χ1) is 7.25. The van der Waals surface area contributed by atoms with Crippen molar-refractivity contribution in [1.29, 1.82) is 0 Å². The van der Waals surface area contributed by atoms with E-state index in [1.54, 1.807) is 19.1 Å². The SMILES string of the molecule is Cc1nc(CNC(=O)c2ccco2)co1. The van der Waals surface area contributed by atoms with Crippen LogP contribution in [0.1, 0.15) is 22.1 Å². The Morgan fingerprint density at radius 1 is 1.53 bits per heavy atom. The van der Waals surface area contributed by atoms with Crippen LogP contribution in [-0.4, -0.2) is 10.9 Å². The number of hydrogen-bond acceptors (Lipinski definition) is 4. The summed E-state index contributed by atoms with van der Waals surface area (Å²) in [5.74, 6) is 0.605. The number of furan rings is 1. The number of nitrogens with zero attached hydrogens (tertiary/aromatic N) is 1. The summed E-state index contributed by atoms with van der Waals surface area (Å²) in [5.41, 5.74) is 0.687. The van der Waals surface area contributed by atoms with E-state index in [2.05, 4.69) is 10.3 Å². The second kappa shape index (κ2) is 4.00. The summed E-state index contributed by atoms with van der Waals surface area (Å²) < 4.78 is 9.93. The molecular weight excluding hydrogens is 196 g/mol. The summed E-state index contributed by atoms with van der Waals surface area (Å²) in [4.78, 5) is 15.5. The average Bonchev–Trinajstić information content (AvgIpc) is 2.84. The van der Waals surface area contributed by atoms with Gasteiger partial charge in [0.2, 0.25) is 0 Å². The minimum Gasteiger partial charge on any atom is -0.459 e. The molecule has 0 bridgehead atoms. The van der Waals surface area contributed by atoms with E-state index in [0.29, 0.717) is 18.1 Å². The van der Waals surface area contributed by atoms with E-state index in [1.807, 2.05) is 0 Å². The third-order valence-electron chi connectivity index (χ3n) is 1.84. The van der Waals surface area contributed by atoms with Gasteiger partial charge in [-0.1, -0.05) is 0 Å². The molecule has 2 aromatic rings. The van der Waals surface area contributed by atoms with Gasteiger partial charge in [-0.2, -0.15) is 0 Å². The molecule has 0 fully saturated rings. The molecule has 0 saturated heterocycles. The minimum atomic E-state index is -0.263. The van der Waals surface area contributed by atoms with Crippen LogP contribution in [0.25, 0.3) is 0 Å². The fourth-order valence-corrected chi connectivity index (χ4v) is 1.16. The number of nitrogens with one attached hydrogen (secondary N) is 1. The smallest absolute Gasteiger partial charge is 0.287 e. The van der Waals surface area contributed by atoms with E-state index in [-0.39, 0.29) is 11.7 Å². The van der Waals surface area contributed by atoms with E-state index in [4.69, 9.17) is 8.83 Å². The summed E-state index contributed by atoms with van der Waals surface area (Å²) in [6.45, 7) is 2.08. The van der Waals surface area contributed by atoms with Gasteiger partial charge in [-0.3, -0.25) is 4.79 Å². The van der Waals surface area contributed by atoms with Crippen LogP contribution in [0, 0.1) is 6.92 Å². The van der Waals surface area contributed by atoms with Gasteiger partial charge in [0, 0.05) is 6.92 Å². The van der Waals surface area contributed by atoms with Crippen LogP contribution in [0.5, 0.6) is 0 Å². The molecule has 0 aliphatic carbocycles. The molecule has 0 atom stereocenters. The lowest BCUT2D eigenvalue weighted by Gasteiger charge is -1.98. The van der Waals surface area contributed by atoms with Crippen molar-refractivity contribution in [2.75, 3.05) is 0 Å². The Labute approximate surface area is 86.1 Å². The van der Waals surface area contributed by atoms with E-state index < -0.39 is 0 Å². The normalized spacial score (nSPS) is 10.2. The molecule has 2 rings (SSSR count). The molecule has 5 heteroatoms. The molecule has 0 aliphatic heterocycles. The standard InChI is InChI=1S/C10H10N2O3/c1-7-12-8(6-15-7)5-11-10(13)9-3-2-4-14-9/h2-4,6H,5H2,1H3,(H,11,13). The number of oxazole rings is 1. The van der Waals surface area contributed by atoms with Crippen LogP contribution < -0.4 is 5.32 Å². The molecule has 1 amide bonds. The fourth-order valence-electron chi connectivity index (χ4n) is 1.16. The topological polar surface area (TPSA) is 68.3 Å². The van der Waals surface area contributed by atoms with Gasteiger partial charge in [-0.25, -0.2) is 4.98 Å². The maximum atomic E-state index is 11.4. The van der Waals surface area contributed by atoms with Gasteiger partial charge in [0.1, 0.15) is 6.26 Å². The number of carbonyl (C=O) groups is 1. The van der Waals surface area contributed by atoms with Crippen LogP contribution in [0.3, 0.4) is 0 Å². The highest BCUT2D eigenvalue weighted by molar-refractivity contribution is 5.91. The van der Waals surface area contributed by atoms with Crippen LogP contribution in [0.2, 0.25) is 0 Å². The highest BCUT2D eigenvalue weighted by atomic mass is 16.3. The number of rotatable bonds is 3. The molecule has 15 heavy (non-hydrogen) atoms. The highest BCUT2D eigenvalue weighted by Crippen LogP contribution is 2.02. The maximum Gasteiger partial charge on any atom is 0.287 e. The number of aryl methyl sites for hydroxylation is 1. The first-order valence-electron chi connectivity index (χ1n) is 4.48. The molecule has 0 aliphatic rings. The van der Waals surface area contributed by atoms with Crippen LogP contribution in [-0.2, 0) is 6.54 Å². The lowest BCUT2D eigenvalue weighted by Crippen LogP contribution is -2.22. The molecule has 0 radical (unpaired) electrons. The summed E-state index contributed by atoms with van der Waals surface area (Å²) in [7, 11) is 0. The fraction of sp³-hybridized carbons (Fsp3) is 0.200. The van der Waals surface area contributed by atoms with E-state index in [0.717, 1.165) is 0 Å². The Hall–Kier alpha value is -2.04. The summed E-state index contributed by atoms with van der Waals surface area (Å²) in [6.07, 6.45) is 2.97. The zero-order chi connectivity index (χ0) is 10.7. The van der Waals surface area contributed by atoms with Crippen molar-refractivity contribution in [3.63, 3.8) is 0 Å². The summed E-state index contributed by atoms with van der Waals surface area (Å²) in [6, 6.07) is 3.26. The maximum absolute atomic E-state index is 11.4. The van der Waals surface area contributed by atoms with E-state index >= 15 is 0 Å². The minimum absolute atomic E-state index is 0.263. The van der Waals surface area contributed by atoms with Gasteiger partial charge < -0.3 is 14.2 Å². The van der Waals surface area contributed by atoms with Crippen LogP contribution in [0.4, 0.5) is 0 Å². The van der Waals surface area contributed by atoms with Crippen molar-refractivity contribution in [3.8, 4) is 0 Å². The largest absolute Gasteiger partial charge is 0.459 e. The van der Waals surface area contributed by atoms with Crippen molar-refractivity contribution >= 4 is 5.91 Å². The molecule has 0 spiro atoms. The zero-order valence-electron chi connectivity index (χ0n) is 8.19. The van der Waals surface area contributed by atoms with Crippen LogP contribution in [0.15, 0.2) is 33.5 Å². The van der Waals surface area contributed by atoms with Gasteiger partial charge in [0.05, 0.1) is 18.5 Å². The van der Waals surface area contributed by atoms with Crippen molar-refractivity contribution in [2.24, 2.45) is 0 Å². The lowest BCUT2D eigenvalue weighted by atomic mass is 10.4. The number of hydrogen-bond donors (Lipinski definition) is 1. The Bertz CT molecular complexity index is 445. The number of amides is 1. The number of aromatic nitrogens is 1. The summed E-state index contributed by atoms with van der Waals surface area (Å²) in [5, 5.41) is 2.66. The molecule has 2 heterocycles. The highest BCUT2D eigenvalue weighted by Gasteiger charge is 2.08. The van der Waals surface area contributed by atoms with E-state index in [9.17, 15) is 4.79 Å². The Morgan fingerprint density at radius 2 is 2.40 bits per heavy atom. The third kappa shape index (κ3) is 2.25.